The molecule has 0 unspecified atom stereocenters. The van der Waals surface area contributed by atoms with Crippen LogP contribution < -0.4 is 11.1 Å². The second-order valence-corrected chi connectivity index (χ2v) is 5.22. The summed E-state index contributed by atoms with van der Waals surface area (Å²) in [5, 5.41) is 12.1. The third-order valence-corrected chi connectivity index (χ3v) is 3.92. The fourth-order valence-corrected chi connectivity index (χ4v) is 2.86. The van der Waals surface area contributed by atoms with Crippen LogP contribution in [0.4, 0.5) is 11.4 Å². The standard InChI is InChI=1S/C16H16N4O/c1-10-5-2-3-6-12(10)19-16(21)15-14(18)11(9-17)13-7-4-8-20(13)15/h2-3,5-6H,4,7-8,18H2,1H3,(H,19,21). The lowest BCUT2D eigenvalue weighted by molar-refractivity contribution is 0.101. The van der Waals surface area contributed by atoms with Crippen molar-refractivity contribution in [3.8, 4) is 6.07 Å². The van der Waals surface area contributed by atoms with Crippen molar-refractivity contribution in [3.63, 3.8) is 0 Å². The lowest BCUT2D eigenvalue weighted by Crippen LogP contribution is -2.18. The van der Waals surface area contributed by atoms with Crippen molar-refractivity contribution in [2.45, 2.75) is 26.3 Å². The zero-order chi connectivity index (χ0) is 15.0. The fraction of sp³-hybridized carbons (Fsp3) is 0.250. The summed E-state index contributed by atoms with van der Waals surface area (Å²) in [7, 11) is 0. The SMILES string of the molecule is Cc1ccccc1NC(=O)c1c(N)c(C#N)c2n1CCC2. The molecule has 1 aliphatic heterocycles. The molecule has 21 heavy (non-hydrogen) atoms. The van der Waals surface area contributed by atoms with E-state index in [-0.39, 0.29) is 5.91 Å². The minimum absolute atomic E-state index is 0.258. The number of carbonyl (C=O) groups is 1. The highest BCUT2D eigenvalue weighted by molar-refractivity contribution is 6.08. The van der Waals surface area contributed by atoms with Crippen molar-refractivity contribution in [1.82, 2.24) is 4.57 Å². The molecule has 0 saturated heterocycles. The Hall–Kier alpha value is -2.74. The Morgan fingerprint density at radius 1 is 1.43 bits per heavy atom. The molecule has 0 atom stereocenters. The number of nitrogens with one attached hydrogen (secondary N) is 1. The molecule has 3 rings (SSSR count). The first-order valence-electron chi connectivity index (χ1n) is 6.91. The number of aromatic nitrogens is 1. The van der Waals surface area contributed by atoms with Crippen molar-refractivity contribution in [1.29, 1.82) is 5.26 Å². The minimum Gasteiger partial charge on any atom is -0.396 e. The molecule has 0 bridgehead atoms. The van der Waals surface area contributed by atoms with Gasteiger partial charge < -0.3 is 15.6 Å². The van der Waals surface area contributed by atoms with E-state index >= 15 is 0 Å². The molecule has 5 heteroatoms. The van der Waals surface area contributed by atoms with Gasteiger partial charge in [-0.2, -0.15) is 5.26 Å². The number of carbonyl (C=O) groups excluding carboxylic acids is 1. The van der Waals surface area contributed by atoms with E-state index in [9.17, 15) is 10.1 Å². The lowest BCUT2D eigenvalue weighted by Gasteiger charge is -2.10. The largest absolute Gasteiger partial charge is 0.396 e. The normalized spacial score (nSPS) is 12.8. The fourth-order valence-electron chi connectivity index (χ4n) is 2.86. The van der Waals surface area contributed by atoms with Crippen LogP contribution in [-0.4, -0.2) is 10.5 Å². The maximum Gasteiger partial charge on any atom is 0.274 e. The predicted molar refractivity (Wildman–Crippen MR) is 81.0 cm³/mol. The first-order valence-corrected chi connectivity index (χ1v) is 6.91. The molecule has 3 N–H and O–H groups in total. The van der Waals surface area contributed by atoms with Gasteiger partial charge >= 0.3 is 0 Å². The van der Waals surface area contributed by atoms with Crippen LogP contribution in [0, 0.1) is 18.3 Å². The number of para-hydroxylation sites is 1. The van der Waals surface area contributed by atoms with Gasteiger partial charge in [-0.05, 0) is 31.4 Å². The molecule has 106 valence electrons. The Kier molecular flexibility index (Phi) is 3.15. The zero-order valence-corrected chi connectivity index (χ0v) is 11.8. The van der Waals surface area contributed by atoms with E-state index in [4.69, 9.17) is 5.73 Å². The van der Waals surface area contributed by atoms with Gasteiger partial charge in [-0.3, -0.25) is 4.79 Å². The number of hydrogen-bond acceptors (Lipinski definition) is 3. The van der Waals surface area contributed by atoms with E-state index in [1.54, 1.807) is 0 Å². The van der Waals surface area contributed by atoms with Gasteiger partial charge in [0, 0.05) is 17.9 Å². The molecule has 0 saturated carbocycles. The number of nitriles is 1. The second kappa shape index (κ2) is 4.98. The summed E-state index contributed by atoms with van der Waals surface area (Å²) in [5.41, 5.74) is 9.78. The third-order valence-electron chi connectivity index (χ3n) is 3.92. The molecule has 5 nitrogen and oxygen atoms in total. The Morgan fingerprint density at radius 3 is 2.90 bits per heavy atom. The van der Waals surface area contributed by atoms with Crippen molar-refractivity contribution in [2.75, 3.05) is 11.1 Å². The van der Waals surface area contributed by atoms with Gasteiger partial charge in [0.1, 0.15) is 11.8 Å². The molecule has 0 fully saturated rings. The van der Waals surface area contributed by atoms with Crippen molar-refractivity contribution in [3.05, 3.63) is 46.8 Å². The molecule has 1 aromatic heterocycles. The van der Waals surface area contributed by atoms with E-state index < -0.39 is 0 Å². The van der Waals surface area contributed by atoms with Gasteiger partial charge in [-0.1, -0.05) is 18.2 Å². The quantitative estimate of drug-likeness (QED) is 0.886. The van der Waals surface area contributed by atoms with E-state index in [1.807, 2.05) is 35.8 Å². The number of nitrogens with zero attached hydrogens (tertiary/aromatic N) is 2. The Balaban J connectivity index is 2.00. The Morgan fingerprint density at radius 2 is 2.19 bits per heavy atom. The maximum absolute atomic E-state index is 12.6. The monoisotopic (exact) mass is 280 g/mol. The number of fused-ring (bicyclic) bond motifs is 1. The molecule has 1 amide bonds. The molecule has 0 aliphatic carbocycles. The average molecular weight is 280 g/mol. The van der Waals surface area contributed by atoms with Crippen LogP contribution in [0.1, 0.15) is 33.7 Å². The number of benzene rings is 1. The highest BCUT2D eigenvalue weighted by Crippen LogP contribution is 2.31. The van der Waals surface area contributed by atoms with Crippen molar-refractivity contribution < 1.29 is 4.79 Å². The zero-order valence-electron chi connectivity index (χ0n) is 11.8. The summed E-state index contributed by atoms with van der Waals surface area (Å²) in [6.07, 6.45) is 1.74. The first-order chi connectivity index (χ1) is 10.1. The average Bonchev–Trinajstić information content (AvgIpc) is 3.00. The number of nitrogens with two attached hydrogens (primary N) is 1. The summed E-state index contributed by atoms with van der Waals surface area (Å²) >= 11 is 0. The van der Waals surface area contributed by atoms with Crippen LogP contribution in [-0.2, 0) is 13.0 Å². The Labute approximate surface area is 123 Å². The van der Waals surface area contributed by atoms with Gasteiger partial charge in [0.25, 0.3) is 5.91 Å². The summed E-state index contributed by atoms with van der Waals surface area (Å²) in [6.45, 7) is 2.67. The van der Waals surface area contributed by atoms with Gasteiger partial charge in [-0.15, -0.1) is 0 Å². The van der Waals surface area contributed by atoms with Crippen LogP contribution in [0.15, 0.2) is 24.3 Å². The minimum atomic E-state index is -0.258. The van der Waals surface area contributed by atoms with Gasteiger partial charge in [0.15, 0.2) is 0 Å². The summed E-state index contributed by atoms with van der Waals surface area (Å²) in [4.78, 5) is 12.6. The molecule has 0 spiro atoms. The highest BCUT2D eigenvalue weighted by Gasteiger charge is 2.28. The van der Waals surface area contributed by atoms with Gasteiger partial charge in [0.05, 0.1) is 11.3 Å². The van der Waals surface area contributed by atoms with Crippen LogP contribution >= 0.6 is 0 Å². The van der Waals surface area contributed by atoms with E-state index in [0.29, 0.717) is 16.9 Å². The van der Waals surface area contributed by atoms with Gasteiger partial charge in [0.2, 0.25) is 0 Å². The summed E-state index contributed by atoms with van der Waals surface area (Å²) in [6, 6.07) is 9.69. The summed E-state index contributed by atoms with van der Waals surface area (Å²) in [5.74, 6) is -0.258. The van der Waals surface area contributed by atoms with Crippen LogP contribution in [0.25, 0.3) is 0 Å². The van der Waals surface area contributed by atoms with Crippen LogP contribution in [0.2, 0.25) is 0 Å². The first kappa shape index (κ1) is 13.3. The second-order valence-electron chi connectivity index (χ2n) is 5.22. The van der Waals surface area contributed by atoms with Crippen molar-refractivity contribution >= 4 is 17.3 Å². The number of amides is 1. The predicted octanol–water partition coefficient (Wildman–Crippen LogP) is 2.45. The number of hydrogen-bond donors (Lipinski definition) is 2. The topological polar surface area (TPSA) is 83.8 Å². The molecule has 2 aromatic rings. The van der Waals surface area contributed by atoms with E-state index in [1.165, 1.54) is 0 Å². The highest BCUT2D eigenvalue weighted by atomic mass is 16.2. The van der Waals surface area contributed by atoms with Crippen LogP contribution in [0.5, 0.6) is 0 Å². The molecular formula is C16H16N4O. The number of rotatable bonds is 2. The molecule has 1 aromatic carbocycles. The molecular weight excluding hydrogens is 264 g/mol. The lowest BCUT2D eigenvalue weighted by atomic mass is 10.1. The molecule has 1 aliphatic rings. The Bertz CT molecular complexity index is 767. The maximum atomic E-state index is 12.6. The summed E-state index contributed by atoms with van der Waals surface area (Å²) < 4.78 is 1.88. The van der Waals surface area contributed by atoms with E-state index in [2.05, 4.69) is 11.4 Å². The molecule has 2 heterocycles. The van der Waals surface area contributed by atoms with Crippen LogP contribution in [0.3, 0.4) is 0 Å². The number of nitrogen functional groups attached to an aromatic ring is 1. The number of anilines is 2. The van der Waals surface area contributed by atoms with Crippen molar-refractivity contribution in [2.24, 2.45) is 0 Å². The van der Waals surface area contributed by atoms with E-state index in [0.717, 1.165) is 36.3 Å². The third kappa shape index (κ3) is 2.05. The molecule has 0 radical (unpaired) electrons. The smallest absolute Gasteiger partial charge is 0.274 e. The number of aryl methyl sites for hydroxylation is 1. The van der Waals surface area contributed by atoms with Gasteiger partial charge in [-0.25, -0.2) is 0 Å².